The summed E-state index contributed by atoms with van der Waals surface area (Å²) in [7, 11) is -2.01. The molecule has 1 aromatic heterocycles. The fourth-order valence-corrected chi connectivity index (χ4v) is 2.84. The van der Waals surface area contributed by atoms with E-state index in [0.717, 1.165) is 0 Å². The third-order valence-corrected chi connectivity index (χ3v) is 4.60. The molecule has 1 aromatic rings. The number of hydrogen-bond acceptors (Lipinski definition) is 4. The molecule has 0 aliphatic carbocycles. The van der Waals surface area contributed by atoms with Crippen LogP contribution in [0.1, 0.15) is 25.4 Å². The Morgan fingerprint density at radius 3 is 2.44 bits per heavy atom. The summed E-state index contributed by atoms with van der Waals surface area (Å²) in [5.41, 5.74) is 0. The maximum atomic E-state index is 12.1. The first-order valence-electron chi connectivity index (χ1n) is 4.99. The van der Waals surface area contributed by atoms with Gasteiger partial charge < -0.3 is 9.52 Å². The van der Waals surface area contributed by atoms with E-state index >= 15 is 0 Å². The summed E-state index contributed by atoms with van der Waals surface area (Å²) in [4.78, 5) is 0.118. The molecule has 1 N–H and O–H groups in total. The fourth-order valence-electron chi connectivity index (χ4n) is 1.29. The van der Waals surface area contributed by atoms with Crippen LogP contribution in [-0.4, -0.2) is 30.9 Å². The van der Waals surface area contributed by atoms with Crippen LogP contribution < -0.4 is 0 Å². The van der Waals surface area contributed by atoms with Crippen molar-refractivity contribution < 1.29 is 17.9 Å². The Bertz CT molecular complexity index is 461. The molecular weight excluding hydrogens is 230 g/mol. The highest BCUT2D eigenvalue weighted by atomic mass is 32.2. The van der Waals surface area contributed by atoms with Gasteiger partial charge in [-0.3, -0.25) is 0 Å². The number of aliphatic hydroxyl groups excluding tert-OH is 1. The summed E-state index contributed by atoms with van der Waals surface area (Å²) < 4.78 is 30.6. The molecule has 16 heavy (non-hydrogen) atoms. The Morgan fingerprint density at radius 2 is 2.06 bits per heavy atom. The van der Waals surface area contributed by atoms with Gasteiger partial charge in [-0.2, -0.15) is 4.31 Å². The van der Waals surface area contributed by atoms with E-state index in [9.17, 15) is 8.42 Å². The number of aliphatic hydroxyl groups is 1. The molecule has 0 aliphatic rings. The molecule has 1 rings (SSSR count). The average Bonchev–Trinajstić information content (AvgIpc) is 2.58. The molecule has 0 radical (unpaired) electrons. The van der Waals surface area contributed by atoms with E-state index < -0.39 is 10.0 Å². The van der Waals surface area contributed by atoms with Crippen LogP contribution in [0.25, 0.3) is 0 Å². The molecule has 0 saturated heterocycles. The normalized spacial score (nSPS) is 12.7. The monoisotopic (exact) mass is 247 g/mol. The van der Waals surface area contributed by atoms with Gasteiger partial charge in [-0.15, -0.1) is 0 Å². The predicted molar refractivity (Wildman–Crippen MR) is 59.5 cm³/mol. The zero-order chi connectivity index (χ0) is 12.5. The minimum Gasteiger partial charge on any atom is -0.462 e. The molecule has 0 atom stereocenters. The SMILES string of the molecule is Cc1oc(CO)cc1S(=O)(=O)N(C)C(C)C. The Hall–Kier alpha value is -0.850. The predicted octanol–water partition coefficient (Wildman–Crippen LogP) is 1.11. The van der Waals surface area contributed by atoms with Gasteiger partial charge in [-0.25, -0.2) is 8.42 Å². The molecule has 0 aromatic carbocycles. The van der Waals surface area contributed by atoms with Crippen molar-refractivity contribution in [2.24, 2.45) is 0 Å². The topological polar surface area (TPSA) is 70.8 Å². The van der Waals surface area contributed by atoms with Crippen LogP contribution in [0.3, 0.4) is 0 Å². The van der Waals surface area contributed by atoms with Crippen molar-refractivity contribution in [3.8, 4) is 0 Å². The molecule has 0 fully saturated rings. The smallest absolute Gasteiger partial charge is 0.246 e. The summed E-state index contributed by atoms with van der Waals surface area (Å²) in [6.07, 6.45) is 0. The van der Waals surface area contributed by atoms with Crippen molar-refractivity contribution in [3.63, 3.8) is 0 Å². The maximum absolute atomic E-state index is 12.1. The first-order chi connectivity index (χ1) is 7.30. The van der Waals surface area contributed by atoms with E-state index in [2.05, 4.69) is 0 Å². The van der Waals surface area contributed by atoms with E-state index in [1.807, 2.05) is 0 Å². The van der Waals surface area contributed by atoms with Crippen LogP contribution in [0.4, 0.5) is 0 Å². The lowest BCUT2D eigenvalue weighted by atomic mass is 10.4. The van der Waals surface area contributed by atoms with Gasteiger partial charge in [-0.1, -0.05) is 0 Å². The third kappa shape index (κ3) is 2.28. The highest BCUT2D eigenvalue weighted by molar-refractivity contribution is 7.89. The molecular formula is C10H17NO4S. The molecule has 1 heterocycles. The first kappa shape index (κ1) is 13.2. The summed E-state index contributed by atoms with van der Waals surface area (Å²) in [6, 6.07) is 1.24. The number of aryl methyl sites for hydroxylation is 1. The van der Waals surface area contributed by atoms with Gasteiger partial charge >= 0.3 is 0 Å². The molecule has 92 valence electrons. The van der Waals surface area contributed by atoms with Gasteiger partial charge in [-0.05, 0) is 20.8 Å². The van der Waals surface area contributed by atoms with Gasteiger partial charge in [0.2, 0.25) is 10.0 Å². The second-order valence-corrected chi connectivity index (χ2v) is 5.87. The average molecular weight is 247 g/mol. The molecule has 0 aliphatic heterocycles. The lowest BCUT2D eigenvalue weighted by molar-refractivity contribution is 0.244. The minimum atomic E-state index is -3.53. The van der Waals surface area contributed by atoms with Crippen LogP contribution in [-0.2, 0) is 16.6 Å². The summed E-state index contributed by atoms with van der Waals surface area (Å²) >= 11 is 0. The summed E-state index contributed by atoms with van der Waals surface area (Å²) in [5, 5.41) is 8.89. The maximum Gasteiger partial charge on any atom is 0.246 e. The molecule has 0 amide bonds. The van der Waals surface area contributed by atoms with Crippen LogP contribution >= 0.6 is 0 Å². The van der Waals surface area contributed by atoms with Gasteiger partial charge in [0.15, 0.2) is 0 Å². The Morgan fingerprint density at radius 1 is 1.50 bits per heavy atom. The number of sulfonamides is 1. The highest BCUT2D eigenvalue weighted by Crippen LogP contribution is 2.23. The third-order valence-electron chi connectivity index (χ3n) is 2.46. The fraction of sp³-hybridized carbons (Fsp3) is 0.600. The van der Waals surface area contributed by atoms with Crippen molar-refractivity contribution >= 4 is 10.0 Å². The van der Waals surface area contributed by atoms with E-state index in [4.69, 9.17) is 9.52 Å². The second kappa shape index (κ2) is 4.57. The zero-order valence-corrected chi connectivity index (χ0v) is 10.7. The van der Waals surface area contributed by atoms with Crippen LogP contribution in [0.2, 0.25) is 0 Å². The number of hydrogen-bond donors (Lipinski definition) is 1. The van der Waals surface area contributed by atoms with Crippen LogP contribution in [0.15, 0.2) is 15.4 Å². The van der Waals surface area contributed by atoms with Gasteiger partial charge in [0.1, 0.15) is 23.0 Å². The van der Waals surface area contributed by atoms with E-state index in [-0.39, 0.29) is 23.3 Å². The second-order valence-electron chi connectivity index (χ2n) is 3.91. The molecule has 5 nitrogen and oxygen atoms in total. The standard InChI is InChI=1S/C10H17NO4S/c1-7(2)11(4)16(13,14)10-5-9(6-12)15-8(10)3/h5,7,12H,6H2,1-4H3. The highest BCUT2D eigenvalue weighted by Gasteiger charge is 2.27. The Kier molecular flexibility index (Phi) is 3.77. The first-order valence-corrected chi connectivity index (χ1v) is 6.43. The van der Waals surface area contributed by atoms with E-state index in [1.54, 1.807) is 20.8 Å². The van der Waals surface area contributed by atoms with Gasteiger partial charge in [0, 0.05) is 19.2 Å². The van der Waals surface area contributed by atoms with Crippen LogP contribution in [0, 0.1) is 6.92 Å². The van der Waals surface area contributed by atoms with Crippen molar-refractivity contribution in [2.75, 3.05) is 7.05 Å². The molecule has 0 bridgehead atoms. The Labute approximate surface area is 95.7 Å². The van der Waals surface area contributed by atoms with E-state index in [1.165, 1.54) is 17.4 Å². The summed E-state index contributed by atoms with van der Waals surface area (Å²) in [6.45, 7) is 4.85. The summed E-state index contributed by atoms with van der Waals surface area (Å²) in [5.74, 6) is 0.560. The van der Waals surface area contributed by atoms with Crippen molar-refractivity contribution in [2.45, 2.75) is 38.3 Å². The number of furan rings is 1. The van der Waals surface area contributed by atoms with Gasteiger partial charge in [0.05, 0.1) is 0 Å². The lowest BCUT2D eigenvalue weighted by Gasteiger charge is -2.20. The van der Waals surface area contributed by atoms with E-state index in [0.29, 0.717) is 5.76 Å². The minimum absolute atomic E-state index is 0.118. The quantitative estimate of drug-likeness (QED) is 0.865. The zero-order valence-electron chi connectivity index (χ0n) is 9.89. The van der Waals surface area contributed by atoms with Crippen molar-refractivity contribution in [1.29, 1.82) is 0 Å². The largest absolute Gasteiger partial charge is 0.462 e. The number of nitrogens with zero attached hydrogens (tertiary/aromatic N) is 1. The number of rotatable bonds is 4. The Balaban J connectivity index is 3.22. The van der Waals surface area contributed by atoms with Crippen LogP contribution in [0.5, 0.6) is 0 Å². The molecule has 0 saturated carbocycles. The van der Waals surface area contributed by atoms with Gasteiger partial charge in [0.25, 0.3) is 0 Å². The van der Waals surface area contributed by atoms with Crippen molar-refractivity contribution in [3.05, 3.63) is 17.6 Å². The molecule has 0 unspecified atom stereocenters. The molecule has 6 heteroatoms. The molecule has 0 spiro atoms. The lowest BCUT2D eigenvalue weighted by Crippen LogP contribution is -2.33. The van der Waals surface area contributed by atoms with Crippen molar-refractivity contribution in [1.82, 2.24) is 4.31 Å².